The first kappa shape index (κ1) is 22.9. The van der Waals surface area contributed by atoms with Crippen molar-refractivity contribution < 1.29 is 43.2 Å². The van der Waals surface area contributed by atoms with Crippen LogP contribution < -0.4 is 10.6 Å². The predicted octanol–water partition coefficient (Wildman–Crippen LogP) is -0.742. The van der Waals surface area contributed by atoms with Crippen molar-refractivity contribution >= 4 is 24.1 Å². The molecule has 0 aromatic heterocycles. The van der Waals surface area contributed by atoms with Crippen molar-refractivity contribution in [2.75, 3.05) is 39.5 Å². The van der Waals surface area contributed by atoms with Gasteiger partial charge in [0.25, 0.3) is 0 Å². The molecule has 11 nitrogen and oxygen atoms in total. The number of aliphatic hydroxyl groups excluding tert-OH is 1. The standard InChI is InChI=1S/C15H22N2O9/c1-3-12(19)23-7-5-16-14(21)25-10-11(9-18)26-15(22)17-6-8-24-13(20)4-2/h3-4,11,18H,1-2,5-10H2,(H,16,21)(H,17,22). The van der Waals surface area contributed by atoms with Crippen LogP contribution in [0.25, 0.3) is 0 Å². The quantitative estimate of drug-likeness (QED) is 0.174. The third-order valence-electron chi connectivity index (χ3n) is 2.44. The third-order valence-corrected chi connectivity index (χ3v) is 2.44. The maximum absolute atomic E-state index is 11.5. The topological polar surface area (TPSA) is 149 Å². The molecule has 0 fully saturated rings. The van der Waals surface area contributed by atoms with Gasteiger partial charge < -0.3 is 34.7 Å². The summed E-state index contributed by atoms with van der Waals surface area (Å²) in [5, 5.41) is 13.7. The zero-order chi connectivity index (χ0) is 19.8. The molecular weight excluding hydrogens is 352 g/mol. The maximum atomic E-state index is 11.5. The summed E-state index contributed by atoms with van der Waals surface area (Å²) in [7, 11) is 0. The molecule has 1 atom stereocenters. The van der Waals surface area contributed by atoms with Gasteiger partial charge in [-0.25, -0.2) is 19.2 Å². The van der Waals surface area contributed by atoms with Crippen LogP contribution in [0, 0.1) is 0 Å². The molecule has 0 rings (SSSR count). The van der Waals surface area contributed by atoms with E-state index >= 15 is 0 Å². The third kappa shape index (κ3) is 12.4. The van der Waals surface area contributed by atoms with Gasteiger partial charge in [-0.15, -0.1) is 0 Å². The van der Waals surface area contributed by atoms with Gasteiger partial charge in [-0.1, -0.05) is 13.2 Å². The number of aliphatic hydroxyl groups is 1. The van der Waals surface area contributed by atoms with Crippen LogP contribution in [0.4, 0.5) is 9.59 Å². The van der Waals surface area contributed by atoms with E-state index in [-0.39, 0.29) is 26.3 Å². The molecule has 2 amide bonds. The zero-order valence-electron chi connectivity index (χ0n) is 14.1. The number of carbonyl (C=O) groups is 4. The number of ether oxygens (including phenoxy) is 4. The Hall–Kier alpha value is -3.08. The number of hydrogen-bond acceptors (Lipinski definition) is 9. The molecule has 0 aliphatic heterocycles. The number of nitrogens with one attached hydrogen (secondary N) is 2. The average Bonchev–Trinajstić information content (AvgIpc) is 2.64. The van der Waals surface area contributed by atoms with Crippen LogP contribution in [0.5, 0.6) is 0 Å². The summed E-state index contributed by atoms with van der Waals surface area (Å²) in [5.74, 6) is -1.26. The van der Waals surface area contributed by atoms with E-state index in [0.29, 0.717) is 0 Å². The van der Waals surface area contributed by atoms with Gasteiger partial charge in [0.2, 0.25) is 0 Å². The van der Waals surface area contributed by atoms with Gasteiger partial charge in [0.05, 0.1) is 19.7 Å². The minimum absolute atomic E-state index is 0.00692. The van der Waals surface area contributed by atoms with E-state index in [9.17, 15) is 19.2 Å². The van der Waals surface area contributed by atoms with Crippen molar-refractivity contribution in [1.29, 1.82) is 0 Å². The summed E-state index contributed by atoms with van der Waals surface area (Å²) in [4.78, 5) is 44.4. The van der Waals surface area contributed by atoms with Crippen molar-refractivity contribution in [3.8, 4) is 0 Å². The lowest BCUT2D eigenvalue weighted by atomic mass is 10.4. The van der Waals surface area contributed by atoms with E-state index in [1.54, 1.807) is 0 Å². The molecule has 26 heavy (non-hydrogen) atoms. The number of amides is 2. The largest absolute Gasteiger partial charge is 0.461 e. The second kappa shape index (κ2) is 14.3. The summed E-state index contributed by atoms with van der Waals surface area (Å²) < 4.78 is 18.8. The van der Waals surface area contributed by atoms with E-state index in [0.717, 1.165) is 12.2 Å². The molecule has 0 aromatic rings. The van der Waals surface area contributed by atoms with Crippen molar-refractivity contribution in [2.45, 2.75) is 6.10 Å². The zero-order valence-corrected chi connectivity index (χ0v) is 14.1. The lowest BCUT2D eigenvalue weighted by molar-refractivity contribution is -0.138. The summed E-state index contributed by atoms with van der Waals surface area (Å²) >= 11 is 0. The number of alkyl carbamates (subject to hydrolysis) is 2. The van der Waals surface area contributed by atoms with Crippen LogP contribution in [0.1, 0.15) is 0 Å². The fourth-order valence-corrected chi connectivity index (χ4v) is 1.26. The van der Waals surface area contributed by atoms with E-state index in [2.05, 4.69) is 33.3 Å². The Bertz CT molecular complexity index is 507. The van der Waals surface area contributed by atoms with Crippen molar-refractivity contribution in [3.05, 3.63) is 25.3 Å². The highest BCUT2D eigenvalue weighted by Gasteiger charge is 2.16. The molecule has 0 saturated heterocycles. The molecule has 0 bridgehead atoms. The van der Waals surface area contributed by atoms with Gasteiger partial charge in [-0.2, -0.15) is 0 Å². The highest BCUT2D eigenvalue weighted by molar-refractivity contribution is 5.81. The second-order valence-corrected chi connectivity index (χ2v) is 4.41. The minimum atomic E-state index is -1.09. The highest BCUT2D eigenvalue weighted by atomic mass is 16.6. The molecule has 11 heteroatoms. The Morgan fingerprint density at radius 2 is 1.38 bits per heavy atom. The van der Waals surface area contributed by atoms with Crippen LogP contribution in [0.3, 0.4) is 0 Å². The lowest BCUT2D eigenvalue weighted by Crippen LogP contribution is -2.37. The Kier molecular flexibility index (Phi) is 12.6. The van der Waals surface area contributed by atoms with E-state index in [4.69, 9.17) is 14.6 Å². The summed E-state index contributed by atoms with van der Waals surface area (Å²) in [6.45, 7) is 5.28. The molecule has 3 N–H and O–H groups in total. The molecule has 0 heterocycles. The Balaban J connectivity index is 3.88. The first-order chi connectivity index (χ1) is 12.4. The highest BCUT2D eigenvalue weighted by Crippen LogP contribution is 1.94. The van der Waals surface area contributed by atoms with Gasteiger partial charge >= 0.3 is 24.1 Å². The molecule has 146 valence electrons. The lowest BCUT2D eigenvalue weighted by Gasteiger charge is -2.16. The molecule has 0 radical (unpaired) electrons. The van der Waals surface area contributed by atoms with Crippen molar-refractivity contribution in [2.24, 2.45) is 0 Å². The maximum Gasteiger partial charge on any atom is 0.407 e. The van der Waals surface area contributed by atoms with Gasteiger partial charge in [0.15, 0.2) is 6.10 Å². The minimum Gasteiger partial charge on any atom is -0.461 e. The summed E-state index contributed by atoms with van der Waals surface area (Å²) in [6.07, 6.45) is -0.866. The average molecular weight is 374 g/mol. The molecule has 0 spiro atoms. The Morgan fingerprint density at radius 1 is 0.885 bits per heavy atom. The van der Waals surface area contributed by atoms with Crippen molar-refractivity contribution in [1.82, 2.24) is 10.6 Å². The van der Waals surface area contributed by atoms with Gasteiger partial charge in [-0.05, 0) is 0 Å². The molecular formula is C15H22N2O9. The van der Waals surface area contributed by atoms with E-state index < -0.39 is 43.4 Å². The fourth-order valence-electron chi connectivity index (χ4n) is 1.26. The Morgan fingerprint density at radius 3 is 1.85 bits per heavy atom. The summed E-state index contributed by atoms with van der Waals surface area (Å²) in [5.41, 5.74) is 0. The first-order valence-electron chi connectivity index (χ1n) is 7.47. The second-order valence-electron chi connectivity index (χ2n) is 4.41. The normalized spacial score (nSPS) is 10.7. The van der Waals surface area contributed by atoms with Crippen LogP contribution in [-0.4, -0.2) is 74.9 Å². The molecule has 0 aromatic carbocycles. The van der Waals surface area contributed by atoms with Crippen molar-refractivity contribution in [3.63, 3.8) is 0 Å². The number of carbonyl (C=O) groups excluding carboxylic acids is 4. The van der Waals surface area contributed by atoms with Gasteiger partial charge in [0, 0.05) is 12.2 Å². The summed E-state index contributed by atoms with van der Waals surface area (Å²) in [6, 6.07) is 0. The number of esters is 2. The smallest absolute Gasteiger partial charge is 0.407 e. The van der Waals surface area contributed by atoms with Crippen LogP contribution >= 0.6 is 0 Å². The molecule has 0 saturated carbocycles. The molecule has 0 aliphatic rings. The molecule has 1 unspecified atom stereocenters. The fraction of sp³-hybridized carbons (Fsp3) is 0.467. The number of rotatable bonds is 12. The van der Waals surface area contributed by atoms with E-state index in [1.807, 2.05) is 0 Å². The van der Waals surface area contributed by atoms with E-state index in [1.165, 1.54) is 0 Å². The van der Waals surface area contributed by atoms with Crippen LogP contribution in [0.15, 0.2) is 25.3 Å². The molecule has 0 aliphatic carbocycles. The SMILES string of the molecule is C=CC(=O)OCCNC(=O)OCC(CO)OC(=O)NCCOC(=O)C=C. The van der Waals surface area contributed by atoms with Crippen LogP contribution in [-0.2, 0) is 28.5 Å². The monoisotopic (exact) mass is 374 g/mol. The van der Waals surface area contributed by atoms with Gasteiger partial charge in [-0.3, -0.25) is 0 Å². The first-order valence-corrected chi connectivity index (χ1v) is 7.47. The van der Waals surface area contributed by atoms with Crippen LogP contribution in [0.2, 0.25) is 0 Å². The Labute approximate surface area is 149 Å². The number of hydrogen-bond donors (Lipinski definition) is 3. The predicted molar refractivity (Wildman–Crippen MR) is 87.0 cm³/mol. The van der Waals surface area contributed by atoms with Gasteiger partial charge in [0.1, 0.15) is 19.8 Å².